The molecule has 4 aromatic rings. The van der Waals surface area contributed by atoms with Crippen LogP contribution in [0.3, 0.4) is 0 Å². The Morgan fingerprint density at radius 2 is 1.88 bits per heavy atom. The Kier molecular flexibility index (Phi) is 3.32. The molecule has 0 aliphatic carbocycles. The molecule has 7 heteroatoms. The normalized spacial score (nSPS) is 11.0. The Hall–Kier alpha value is -3.12. The highest BCUT2D eigenvalue weighted by Gasteiger charge is 2.13. The third-order valence-electron chi connectivity index (χ3n) is 3.44. The lowest BCUT2D eigenvalue weighted by Crippen LogP contribution is -2.16. The molecule has 0 atom stereocenters. The fourth-order valence-electron chi connectivity index (χ4n) is 2.31. The zero-order valence-corrected chi connectivity index (χ0v) is 12.9. The number of ether oxygens (including phenoxy) is 1. The first-order valence-electron chi connectivity index (χ1n) is 7.00. The second-order valence-corrected chi connectivity index (χ2v) is 5.46. The number of nitrogens with zero attached hydrogens (tertiary/aromatic N) is 2. The molecule has 3 heterocycles. The summed E-state index contributed by atoms with van der Waals surface area (Å²) < 4.78 is 12.0. The summed E-state index contributed by atoms with van der Waals surface area (Å²) in [5.74, 6) is 0.305. The molecule has 0 aliphatic rings. The van der Waals surface area contributed by atoms with E-state index in [2.05, 4.69) is 4.98 Å². The van der Waals surface area contributed by atoms with Gasteiger partial charge in [0.25, 0.3) is 5.56 Å². The maximum atomic E-state index is 12.5. The van der Waals surface area contributed by atoms with Crippen LogP contribution in [0, 0.1) is 0 Å². The van der Waals surface area contributed by atoms with Crippen LogP contribution in [0.5, 0.6) is 11.5 Å². The molecule has 24 heavy (non-hydrogen) atoms. The second-order valence-electron chi connectivity index (χ2n) is 5.02. The summed E-state index contributed by atoms with van der Waals surface area (Å²) in [6.07, 6.45) is 1.59. The van der Waals surface area contributed by atoms with Crippen LogP contribution in [-0.2, 0) is 0 Å². The quantitative estimate of drug-likeness (QED) is 0.524. The first-order chi connectivity index (χ1) is 11.6. The lowest BCUT2D eigenvalue weighted by atomic mass is 10.3. The van der Waals surface area contributed by atoms with E-state index in [-0.39, 0.29) is 22.4 Å². The van der Waals surface area contributed by atoms with Crippen molar-refractivity contribution in [1.29, 1.82) is 0 Å². The van der Waals surface area contributed by atoms with Crippen LogP contribution in [0.25, 0.3) is 16.7 Å². The summed E-state index contributed by atoms with van der Waals surface area (Å²) in [5.41, 5.74) is -0.700. The van der Waals surface area contributed by atoms with Crippen molar-refractivity contribution in [2.45, 2.75) is 0 Å². The van der Waals surface area contributed by atoms with E-state index in [4.69, 9.17) is 20.8 Å². The predicted octanol–water partition coefficient (Wildman–Crippen LogP) is 3.25. The third-order valence-corrected chi connectivity index (χ3v) is 3.69. The molecule has 0 N–H and O–H groups in total. The van der Waals surface area contributed by atoms with Gasteiger partial charge in [-0.3, -0.25) is 9.20 Å². The zero-order valence-electron chi connectivity index (χ0n) is 12.1. The van der Waals surface area contributed by atoms with Crippen LogP contribution in [0.4, 0.5) is 0 Å². The van der Waals surface area contributed by atoms with Crippen LogP contribution in [0.15, 0.2) is 68.7 Å². The van der Waals surface area contributed by atoms with Gasteiger partial charge in [0.15, 0.2) is 0 Å². The number of hydrogen-bond donors (Lipinski definition) is 0. The number of pyridine rings is 1. The van der Waals surface area contributed by atoms with Crippen LogP contribution in [0.2, 0.25) is 5.02 Å². The van der Waals surface area contributed by atoms with Crippen molar-refractivity contribution in [2.75, 3.05) is 0 Å². The number of aromatic nitrogens is 2. The first-order valence-corrected chi connectivity index (χ1v) is 7.38. The Labute approximate surface area is 139 Å². The maximum absolute atomic E-state index is 12.5. The topological polar surface area (TPSA) is 73.8 Å². The Bertz CT molecular complexity index is 1180. The van der Waals surface area contributed by atoms with Crippen LogP contribution in [0.1, 0.15) is 0 Å². The molecular formula is C17H9ClN2O4. The molecule has 0 aliphatic heterocycles. The van der Waals surface area contributed by atoms with Crippen molar-refractivity contribution < 1.29 is 9.15 Å². The lowest BCUT2D eigenvalue weighted by Gasteiger charge is -2.06. The van der Waals surface area contributed by atoms with Gasteiger partial charge in [0.1, 0.15) is 16.8 Å². The van der Waals surface area contributed by atoms with E-state index in [1.807, 2.05) is 0 Å². The number of fused-ring (bicyclic) bond motifs is 2. The summed E-state index contributed by atoms with van der Waals surface area (Å²) in [6.45, 7) is 0. The molecule has 0 amide bonds. The third kappa shape index (κ3) is 2.43. The number of halogens is 1. The smallest absolute Gasteiger partial charge is 0.381 e. The van der Waals surface area contributed by atoms with E-state index in [9.17, 15) is 9.59 Å². The van der Waals surface area contributed by atoms with E-state index in [0.29, 0.717) is 16.4 Å². The molecule has 0 bridgehead atoms. The molecule has 6 nitrogen and oxygen atoms in total. The second kappa shape index (κ2) is 5.50. The Morgan fingerprint density at radius 1 is 1.08 bits per heavy atom. The van der Waals surface area contributed by atoms with Crippen LogP contribution >= 0.6 is 11.6 Å². The molecule has 118 valence electrons. The van der Waals surface area contributed by atoms with E-state index < -0.39 is 5.63 Å². The molecular weight excluding hydrogens is 332 g/mol. The molecule has 0 unspecified atom stereocenters. The van der Waals surface area contributed by atoms with Gasteiger partial charge in [-0.05, 0) is 36.4 Å². The van der Waals surface area contributed by atoms with Crippen molar-refractivity contribution in [3.63, 3.8) is 0 Å². The SMILES string of the molecule is O=c1oc2nc3ccccn3c(=O)c2cc1Oc1ccc(Cl)cc1. The zero-order chi connectivity index (χ0) is 16.7. The summed E-state index contributed by atoms with van der Waals surface area (Å²) >= 11 is 5.81. The van der Waals surface area contributed by atoms with Gasteiger partial charge >= 0.3 is 5.63 Å². The Morgan fingerprint density at radius 3 is 2.67 bits per heavy atom. The summed E-state index contributed by atoms with van der Waals surface area (Å²) in [7, 11) is 0. The van der Waals surface area contributed by atoms with Gasteiger partial charge in [-0.25, -0.2) is 4.79 Å². The molecule has 0 radical (unpaired) electrons. The van der Waals surface area contributed by atoms with E-state index in [0.717, 1.165) is 0 Å². The molecule has 4 rings (SSSR count). The molecule has 0 saturated heterocycles. The van der Waals surface area contributed by atoms with Crippen molar-refractivity contribution >= 4 is 28.3 Å². The molecule has 0 saturated carbocycles. The van der Waals surface area contributed by atoms with Gasteiger partial charge in [-0.15, -0.1) is 0 Å². The molecule has 1 aromatic carbocycles. The van der Waals surface area contributed by atoms with E-state index in [1.54, 1.807) is 48.7 Å². The number of rotatable bonds is 2. The minimum Gasteiger partial charge on any atom is -0.450 e. The van der Waals surface area contributed by atoms with Crippen molar-refractivity contribution in [1.82, 2.24) is 9.38 Å². The van der Waals surface area contributed by atoms with Crippen LogP contribution in [-0.4, -0.2) is 9.38 Å². The van der Waals surface area contributed by atoms with Gasteiger partial charge in [-0.2, -0.15) is 4.98 Å². The minimum absolute atomic E-state index is 0.0281. The number of hydrogen-bond acceptors (Lipinski definition) is 5. The summed E-state index contributed by atoms with van der Waals surface area (Å²) in [6, 6.07) is 12.9. The maximum Gasteiger partial charge on any atom is 0.381 e. The van der Waals surface area contributed by atoms with Gasteiger partial charge < -0.3 is 9.15 Å². The molecule has 3 aromatic heterocycles. The summed E-state index contributed by atoms with van der Waals surface area (Å²) in [5, 5.41) is 0.698. The van der Waals surface area contributed by atoms with Gasteiger partial charge in [0.2, 0.25) is 11.5 Å². The molecule has 0 spiro atoms. The lowest BCUT2D eigenvalue weighted by molar-refractivity contribution is 0.434. The summed E-state index contributed by atoms with van der Waals surface area (Å²) in [4.78, 5) is 28.8. The highest BCUT2D eigenvalue weighted by Crippen LogP contribution is 2.22. The first kappa shape index (κ1) is 14.5. The van der Waals surface area contributed by atoms with Gasteiger partial charge in [-0.1, -0.05) is 17.7 Å². The van der Waals surface area contributed by atoms with Crippen molar-refractivity contribution in [2.24, 2.45) is 0 Å². The standard InChI is InChI=1S/C17H9ClN2O4/c18-10-4-6-11(7-5-10)23-13-9-12-15(24-17(13)22)19-14-3-1-2-8-20(14)16(12)21/h1-9H. The van der Waals surface area contributed by atoms with Crippen molar-refractivity contribution in [3.05, 3.63) is 80.5 Å². The van der Waals surface area contributed by atoms with Gasteiger partial charge in [0, 0.05) is 17.3 Å². The average molecular weight is 341 g/mol. The largest absolute Gasteiger partial charge is 0.450 e. The highest BCUT2D eigenvalue weighted by molar-refractivity contribution is 6.30. The fourth-order valence-corrected chi connectivity index (χ4v) is 2.44. The monoisotopic (exact) mass is 340 g/mol. The number of benzene rings is 1. The van der Waals surface area contributed by atoms with Crippen molar-refractivity contribution in [3.8, 4) is 11.5 Å². The van der Waals surface area contributed by atoms with Crippen LogP contribution < -0.4 is 15.9 Å². The predicted molar refractivity (Wildman–Crippen MR) is 89.0 cm³/mol. The fraction of sp³-hybridized carbons (Fsp3) is 0. The average Bonchev–Trinajstić information content (AvgIpc) is 2.58. The van der Waals surface area contributed by atoms with E-state index in [1.165, 1.54) is 10.5 Å². The molecule has 0 fully saturated rings. The van der Waals surface area contributed by atoms with Gasteiger partial charge in [0.05, 0.1) is 0 Å². The Balaban J connectivity index is 1.91. The minimum atomic E-state index is -0.718. The highest BCUT2D eigenvalue weighted by atomic mass is 35.5. The van der Waals surface area contributed by atoms with E-state index >= 15 is 0 Å².